The van der Waals surface area contributed by atoms with E-state index in [2.05, 4.69) is 15.6 Å². The number of nitro groups is 1. The molecule has 1 amide bonds. The molecule has 0 fully saturated rings. The average molecular weight is 416 g/mol. The quantitative estimate of drug-likeness (QED) is 0.384. The van der Waals surface area contributed by atoms with Gasteiger partial charge in [0.1, 0.15) is 11.6 Å². The van der Waals surface area contributed by atoms with E-state index in [-0.39, 0.29) is 22.5 Å². The van der Waals surface area contributed by atoms with Crippen molar-refractivity contribution in [2.45, 2.75) is 13.8 Å². The molecule has 10 heteroatoms. The Labute approximate surface area is 176 Å². The van der Waals surface area contributed by atoms with Crippen LogP contribution in [-0.2, 0) is 0 Å². The summed E-state index contributed by atoms with van der Waals surface area (Å²) < 4.78 is 1.02. The van der Waals surface area contributed by atoms with Gasteiger partial charge in [0.05, 0.1) is 16.8 Å². The molecule has 31 heavy (non-hydrogen) atoms. The lowest BCUT2D eigenvalue weighted by molar-refractivity contribution is -0.384. The summed E-state index contributed by atoms with van der Waals surface area (Å²) in [4.78, 5) is 35.5. The largest absolute Gasteiger partial charge is 0.292 e. The third kappa shape index (κ3) is 4.35. The number of nitriles is 1. The molecule has 0 atom stereocenters. The molecule has 0 bridgehead atoms. The van der Waals surface area contributed by atoms with Gasteiger partial charge in [-0.05, 0) is 43.2 Å². The number of nitrogens with one attached hydrogen (secondary N) is 1. The number of aromatic nitrogens is 2. The molecule has 154 valence electrons. The first kappa shape index (κ1) is 21.1. The molecule has 2 aromatic carbocycles. The number of para-hydroxylation sites is 1. The number of rotatable bonds is 5. The maximum atomic E-state index is 12.7. The highest BCUT2D eigenvalue weighted by Gasteiger charge is 2.20. The fourth-order valence-electron chi connectivity index (χ4n) is 2.82. The van der Waals surface area contributed by atoms with E-state index in [1.807, 2.05) is 6.07 Å². The van der Waals surface area contributed by atoms with E-state index >= 15 is 0 Å². The Kier molecular flexibility index (Phi) is 5.97. The van der Waals surface area contributed by atoms with E-state index in [1.54, 1.807) is 31.2 Å². The number of non-ortho nitro benzene ring substituents is 1. The van der Waals surface area contributed by atoms with Crippen LogP contribution in [-0.4, -0.2) is 26.8 Å². The van der Waals surface area contributed by atoms with Gasteiger partial charge in [0.25, 0.3) is 17.2 Å². The number of hydrazone groups is 1. The van der Waals surface area contributed by atoms with Crippen LogP contribution < -0.4 is 11.0 Å². The van der Waals surface area contributed by atoms with Crippen molar-refractivity contribution in [3.05, 3.63) is 96.9 Å². The summed E-state index contributed by atoms with van der Waals surface area (Å²) in [5, 5.41) is 28.1. The van der Waals surface area contributed by atoms with Crippen molar-refractivity contribution in [3.63, 3.8) is 0 Å². The van der Waals surface area contributed by atoms with Crippen LogP contribution in [0.15, 0.2) is 58.4 Å². The van der Waals surface area contributed by atoms with E-state index < -0.39 is 16.4 Å². The normalized spacial score (nSPS) is 10.6. The minimum atomic E-state index is -0.713. The molecular weight excluding hydrogens is 400 g/mol. The van der Waals surface area contributed by atoms with Gasteiger partial charge < -0.3 is 0 Å². The molecule has 3 aromatic rings. The molecule has 0 saturated carbocycles. The predicted octanol–water partition coefficient (Wildman–Crippen LogP) is 2.39. The van der Waals surface area contributed by atoms with Crippen molar-refractivity contribution in [2.75, 3.05) is 0 Å². The smallest absolute Gasteiger partial charge is 0.266 e. The zero-order valence-corrected chi connectivity index (χ0v) is 16.6. The highest BCUT2D eigenvalue weighted by Crippen LogP contribution is 2.14. The van der Waals surface area contributed by atoms with Gasteiger partial charge in [-0.15, -0.1) is 0 Å². The second-order valence-corrected chi connectivity index (χ2v) is 6.51. The summed E-state index contributed by atoms with van der Waals surface area (Å²) >= 11 is 0. The number of aryl methyl sites for hydroxylation is 1. The number of hydrogen-bond acceptors (Lipinski definition) is 7. The lowest BCUT2D eigenvalue weighted by Gasteiger charge is -2.12. The molecule has 0 aliphatic carbocycles. The van der Waals surface area contributed by atoms with Crippen LogP contribution in [0.5, 0.6) is 0 Å². The Balaban J connectivity index is 1.93. The Morgan fingerprint density at radius 1 is 1.23 bits per heavy atom. The summed E-state index contributed by atoms with van der Waals surface area (Å²) in [7, 11) is 0. The minimum absolute atomic E-state index is 0.0662. The van der Waals surface area contributed by atoms with Gasteiger partial charge in [0.2, 0.25) is 0 Å². The standard InChI is InChI=1S/C21H16N6O4/c1-13-5-3-4-6-18(13)26-21(29)17(11-22)14(2)19(25-26)20(28)24-23-12-15-7-9-16(10-8-15)27(30)31/h3-10,12H,1-2H3,(H,24,28)/b23-12+. The van der Waals surface area contributed by atoms with Crippen molar-refractivity contribution in [2.24, 2.45) is 5.10 Å². The number of nitro benzene ring substituents is 1. The average Bonchev–Trinajstić information content (AvgIpc) is 2.75. The van der Waals surface area contributed by atoms with Crippen LogP contribution in [0.1, 0.15) is 32.7 Å². The lowest BCUT2D eigenvalue weighted by atomic mass is 10.1. The second-order valence-electron chi connectivity index (χ2n) is 6.51. The lowest BCUT2D eigenvalue weighted by Crippen LogP contribution is -2.31. The van der Waals surface area contributed by atoms with E-state index in [1.165, 1.54) is 37.4 Å². The van der Waals surface area contributed by atoms with Gasteiger partial charge in [0, 0.05) is 17.7 Å². The van der Waals surface area contributed by atoms with Gasteiger partial charge in [-0.2, -0.15) is 20.1 Å². The van der Waals surface area contributed by atoms with Crippen LogP contribution in [0, 0.1) is 35.3 Å². The number of nitrogens with zero attached hydrogens (tertiary/aromatic N) is 5. The molecule has 0 aliphatic rings. The maximum Gasteiger partial charge on any atom is 0.292 e. The van der Waals surface area contributed by atoms with Crippen molar-refractivity contribution in [1.82, 2.24) is 15.2 Å². The van der Waals surface area contributed by atoms with E-state index in [4.69, 9.17) is 0 Å². The van der Waals surface area contributed by atoms with Crippen molar-refractivity contribution in [3.8, 4) is 11.8 Å². The highest BCUT2D eigenvalue weighted by molar-refractivity contribution is 5.94. The Morgan fingerprint density at radius 3 is 2.52 bits per heavy atom. The Morgan fingerprint density at radius 2 is 1.90 bits per heavy atom. The SMILES string of the molecule is Cc1ccccc1-n1nc(C(=O)N/N=C/c2ccc([N+](=O)[O-])cc2)c(C)c(C#N)c1=O. The monoisotopic (exact) mass is 416 g/mol. The maximum absolute atomic E-state index is 12.7. The molecule has 10 nitrogen and oxygen atoms in total. The first-order valence-corrected chi connectivity index (χ1v) is 9.01. The summed E-state index contributed by atoms with van der Waals surface area (Å²) in [6, 6.07) is 14.4. The van der Waals surface area contributed by atoms with Crippen LogP contribution in [0.3, 0.4) is 0 Å². The minimum Gasteiger partial charge on any atom is -0.266 e. The molecule has 1 N–H and O–H groups in total. The molecule has 0 unspecified atom stereocenters. The molecule has 0 radical (unpaired) electrons. The third-order valence-electron chi connectivity index (χ3n) is 4.49. The molecule has 1 aromatic heterocycles. The Hall–Kier alpha value is -4.65. The zero-order chi connectivity index (χ0) is 22.5. The van der Waals surface area contributed by atoms with Crippen LogP contribution in [0.25, 0.3) is 5.69 Å². The van der Waals surface area contributed by atoms with Crippen molar-refractivity contribution >= 4 is 17.8 Å². The molecule has 3 rings (SSSR count). The van der Waals surface area contributed by atoms with Crippen molar-refractivity contribution < 1.29 is 9.72 Å². The first-order chi connectivity index (χ1) is 14.8. The fraction of sp³-hybridized carbons (Fsp3) is 0.0952. The zero-order valence-electron chi connectivity index (χ0n) is 16.6. The fourth-order valence-corrected chi connectivity index (χ4v) is 2.82. The molecule has 0 aliphatic heterocycles. The number of hydrogen-bond donors (Lipinski definition) is 1. The number of benzene rings is 2. The topological polar surface area (TPSA) is 143 Å². The van der Waals surface area contributed by atoms with E-state index in [0.717, 1.165) is 10.2 Å². The van der Waals surface area contributed by atoms with E-state index in [9.17, 15) is 25.0 Å². The summed E-state index contributed by atoms with van der Waals surface area (Å²) in [6.07, 6.45) is 1.31. The number of amides is 1. The van der Waals surface area contributed by atoms with Gasteiger partial charge in [0.15, 0.2) is 5.69 Å². The first-order valence-electron chi connectivity index (χ1n) is 9.01. The molecule has 0 spiro atoms. The molecular formula is C21H16N6O4. The summed E-state index contributed by atoms with van der Waals surface area (Å²) in [5.41, 5.74) is 3.15. The number of carbonyl (C=O) groups excluding carboxylic acids is 1. The molecule has 1 heterocycles. The second kappa shape index (κ2) is 8.79. The molecule has 0 saturated heterocycles. The Bertz CT molecular complexity index is 1300. The van der Waals surface area contributed by atoms with E-state index in [0.29, 0.717) is 11.3 Å². The van der Waals surface area contributed by atoms with Gasteiger partial charge in [-0.25, -0.2) is 5.43 Å². The highest BCUT2D eigenvalue weighted by atomic mass is 16.6. The van der Waals surface area contributed by atoms with Crippen LogP contribution >= 0.6 is 0 Å². The van der Waals surface area contributed by atoms with Gasteiger partial charge in [-0.3, -0.25) is 19.7 Å². The summed E-state index contributed by atoms with van der Waals surface area (Å²) in [5.74, 6) is -0.713. The van der Waals surface area contributed by atoms with Gasteiger partial charge >= 0.3 is 0 Å². The third-order valence-corrected chi connectivity index (χ3v) is 4.49. The number of carbonyl (C=O) groups is 1. The van der Waals surface area contributed by atoms with Crippen LogP contribution in [0.4, 0.5) is 5.69 Å². The predicted molar refractivity (Wildman–Crippen MR) is 112 cm³/mol. The summed E-state index contributed by atoms with van der Waals surface area (Å²) in [6.45, 7) is 3.24. The van der Waals surface area contributed by atoms with Crippen molar-refractivity contribution in [1.29, 1.82) is 5.26 Å². The van der Waals surface area contributed by atoms with Gasteiger partial charge in [-0.1, -0.05) is 18.2 Å². The van der Waals surface area contributed by atoms with Crippen LogP contribution in [0.2, 0.25) is 0 Å².